The molecule has 0 fully saturated rings. The first-order valence-corrected chi connectivity index (χ1v) is 9.96. The third-order valence-electron chi connectivity index (χ3n) is 3.73. The van der Waals surface area contributed by atoms with Crippen LogP contribution in [0.4, 0.5) is 10.5 Å². The molecule has 0 aliphatic heterocycles. The van der Waals surface area contributed by atoms with E-state index in [-0.39, 0.29) is 18.7 Å². The van der Waals surface area contributed by atoms with Crippen molar-refractivity contribution in [1.29, 1.82) is 0 Å². The zero-order valence-electron chi connectivity index (χ0n) is 14.6. The van der Waals surface area contributed by atoms with Crippen LogP contribution in [0.15, 0.2) is 24.3 Å². The second-order valence-electron chi connectivity index (χ2n) is 5.83. The normalized spacial score (nSPS) is 11.3. The van der Waals surface area contributed by atoms with Crippen molar-refractivity contribution in [1.82, 2.24) is 5.32 Å². The Bertz CT molecular complexity index is 682. The molecule has 0 saturated heterocycles. The largest absolute Gasteiger partial charge is 0.465 e. The molecule has 25 heavy (non-hydrogen) atoms. The Morgan fingerprint density at radius 3 is 2.36 bits per heavy atom. The first kappa shape index (κ1) is 21.0. The van der Waals surface area contributed by atoms with Crippen LogP contribution in [0.5, 0.6) is 0 Å². The fourth-order valence-electron chi connectivity index (χ4n) is 2.53. The summed E-state index contributed by atoms with van der Waals surface area (Å²) >= 11 is 0. The molecular formula is C17H26N2O5S. The summed E-state index contributed by atoms with van der Waals surface area (Å²) in [6.45, 7) is 3.91. The van der Waals surface area contributed by atoms with Crippen LogP contribution in [-0.4, -0.2) is 37.2 Å². The van der Waals surface area contributed by atoms with Gasteiger partial charge in [-0.05, 0) is 25.0 Å². The van der Waals surface area contributed by atoms with Crippen LogP contribution in [0.25, 0.3) is 0 Å². The van der Waals surface area contributed by atoms with Gasteiger partial charge in [0.1, 0.15) is 0 Å². The summed E-state index contributed by atoms with van der Waals surface area (Å²) in [6.07, 6.45) is 1.55. The van der Waals surface area contributed by atoms with Gasteiger partial charge in [0.15, 0.2) is 5.78 Å². The maximum Gasteiger partial charge on any atom is 0.404 e. The number of carboxylic acid groups (broad SMARTS) is 1. The lowest BCUT2D eigenvalue weighted by Gasteiger charge is -2.18. The van der Waals surface area contributed by atoms with Crippen molar-refractivity contribution >= 4 is 27.6 Å². The number of carbonyl (C=O) groups is 2. The molecule has 1 aromatic rings. The van der Waals surface area contributed by atoms with Gasteiger partial charge >= 0.3 is 6.09 Å². The molecule has 1 rings (SSSR count). The highest BCUT2D eigenvalue weighted by Gasteiger charge is 2.24. The van der Waals surface area contributed by atoms with Crippen LogP contribution in [0.3, 0.4) is 0 Å². The molecule has 7 nitrogen and oxygen atoms in total. The average Bonchev–Trinajstić information content (AvgIpc) is 2.54. The second-order valence-corrected chi connectivity index (χ2v) is 7.79. The molecule has 0 spiro atoms. The smallest absolute Gasteiger partial charge is 0.404 e. The van der Waals surface area contributed by atoms with Gasteiger partial charge in [-0.3, -0.25) is 9.52 Å². The van der Waals surface area contributed by atoms with E-state index in [9.17, 15) is 18.0 Å². The predicted octanol–water partition coefficient (Wildman–Crippen LogP) is 3.24. The van der Waals surface area contributed by atoms with Crippen molar-refractivity contribution < 1.29 is 23.1 Å². The third-order valence-corrected chi connectivity index (χ3v) is 5.60. The quantitative estimate of drug-likeness (QED) is 0.518. The Hall–Kier alpha value is -2.09. The van der Waals surface area contributed by atoms with E-state index in [1.165, 1.54) is 6.07 Å². The maximum absolute atomic E-state index is 12.5. The Morgan fingerprint density at radius 2 is 1.80 bits per heavy atom. The lowest BCUT2D eigenvalue weighted by Crippen LogP contribution is -2.28. The van der Waals surface area contributed by atoms with E-state index >= 15 is 0 Å². The highest BCUT2D eigenvalue weighted by Crippen LogP contribution is 2.20. The van der Waals surface area contributed by atoms with E-state index in [1.54, 1.807) is 18.2 Å². The van der Waals surface area contributed by atoms with Crippen molar-refractivity contribution in [3.8, 4) is 0 Å². The lowest BCUT2D eigenvalue weighted by molar-refractivity contribution is 0.0983. The Kier molecular flexibility index (Phi) is 8.40. The van der Waals surface area contributed by atoms with Crippen LogP contribution in [0.1, 0.15) is 56.3 Å². The minimum absolute atomic E-state index is 0.0107. The number of nitrogens with one attached hydrogen (secondary N) is 2. The zero-order valence-corrected chi connectivity index (χ0v) is 15.4. The van der Waals surface area contributed by atoms with E-state index in [0.717, 1.165) is 12.8 Å². The van der Waals surface area contributed by atoms with Gasteiger partial charge in [0.25, 0.3) is 0 Å². The van der Waals surface area contributed by atoms with Gasteiger partial charge in [-0.15, -0.1) is 0 Å². The number of ketones is 1. The first-order valence-electron chi connectivity index (χ1n) is 8.41. The van der Waals surface area contributed by atoms with Crippen molar-refractivity contribution in [2.75, 3.05) is 11.3 Å². The second kappa shape index (κ2) is 10.0. The number of rotatable bonds is 11. The lowest BCUT2D eigenvalue weighted by atomic mass is 10.1. The summed E-state index contributed by atoms with van der Waals surface area (Å²) in [5.41, 5.74) is 0.684. The minimum atomic E-state index is -3.52. The van der Waals surface area contributed by atoms with Crippen molar-refractivity contribution in [3.05, 3.63) is 29.8 Å². The Morgan fingerprint density at radius 1 is 1.16 bits per heavy atom. The number of anilines is 1. The molecule has 0 unspecified atom stereocenters. The van der Waals surface area contributed by atoms with Gasteiger partial charge in [-0.1, -0.05) is 38.8 Å². The van der Waals surface area contributed by atoms with E-state index < -0.39 is 21.4 Å². The number of hydrogen-bond donors (Lipinski definition) is 3. The van der Waals surface area contributed by atoms with Crippen molar-refractivity contribution in [2.24, 2.45) is 0 Å². The number of sulfonamides is 1. The van der Waals surface area contributed by atoms with Crippen LogP contribution in [0, 0.1) is 0 Å². The topological polar surface area (TPSA) is 113 Å². The van der Waals surface area contributed by atoms with Gasteiger partial charge in [-0.2, -0.15) is 0 Å². The molecule has 1 amide bonds. The number of benzene rings is 1. The summed E-state index contributed by atoms with van der Waals surface area (Å²) in [6, 6.07) is 6.26. The van der Waals surface area contributed by atoms with Gasteiger partial charge in [-0.25, -0.2) is 13.2 Å². The molecule has 1 aromatic carbocycles. The van der Waals surface area contributed by atoms with Crippen LogP contribution < -0.4 is 10.0 Å². The van der Waals surface area contributed by atoms with E-state index in [1.807, 2.05) is 13.8 Å². The molecule has 0 aromatic heterocycles. The summed E-state index contributed by atoms with van der Waals surface area (Å²) in [5, 5.41) is 10.2. The predicted molar refractivity (Wildman–Crippen MR) is 97.6 cm³/mol. The highest BCUT2D eigenvalue weighted by molar-refractivity contribution is 7.93. The number of amides is 1. The minimum Gasteiger partial charge on any atom is -0.465 e. The number of Topliss-reactive ketones (excluding diaryl/α,β-unsaturated/α-hetero) is 1. The Labute approximate surface area is 148 Å². The summed E-state index contributed by atoms with van der Waals surface area (Å²) < 4.78 is 27.6. The van der Waals surface area contributed by atoms with Gasteiger partial charge in [0.05, 0.1) is 5.25 Å². The number of carbonyl (C=O) groups excluding carboxylic acids is 1. The average molecular weight is 370 g/mol. The van der Waals surface area contributed by atoms with Crippen molar-refractivity contribution in [3.63, 3.8) is 0 Å². The zero-order chi connectivity index (χ0) is 18.9. The maximum atomic E-state index is 12.5. The van der Waals surface area contributed by atoms with Crippen LogP contribution in [-0.2, 0) is 10.0 Å². The molecule has 0 bridgehead atoms. The molecule has 0 saturated carbocycles. The van der Waals surface area contributed by atoms with Gasteiger partial charge in [0, 0.05) is 24.2 Å². The fourth-order valence-corrected chi connectivity index (χ4v) is 4.24. The van der Waals surface area contributed by atoms with E-state index in [2.05, 4.69) is 10.0 Å². The van der Waals surface area contributed by atoms with Crippen molar-refractivity contribution in [2.45, 2.75) is 51.2 Å². The first-order chi connectivity index (χ1) is 11.8. The summed E-state index contributed by atoms with van der Waals surface area (Å²) in [4.78, 5) is 22.5. The molecule has 140 valence electrons. The fraction of sp³-hybridized carbons (Fsp3) is 0.529. The summed E-state index contributed by atoms with van der Waals surface area (Å²) in [5.74, 6) is -0.256. The molecule has 0 heterocycles. The monoisotopic (exact) mass is 370 g/mol. The Balaban J connectivity index is 2.82. The highest BCUT2D eigenvalue weighted by atomic mass is 32.2. The standard InChI is InChI=1S/C17H26N2O5S/c1-3-6-15(7-4-2)25(23,24)19-14-9-5-8-13(12-14)16(20)10-11-18-17(21)22/h5,8-9,12,15,18-19H,3-4,6-7,10-11H2,1-2H3,(H,21,22). The SMILES string of the molecule is CCCC(CCC)S(=O)(=O)Nc1cccc(C(=O)CCNC(=O)O)c1. The third kappa shape index (κ3) is 7.13. The molecular weight excluding hydrogens is 344 g/mol. The van der Waals surface area contributed by atoms with Gasteiger partial charge < -0.3 is 10.4 Å². The molecule has 3 N–H and O–H groups in total. The summed E-state index contributed by atoms with van der Waals surface area (Å²) in [7, 11) is -3.52. The van der Waals surface area contributed by atoms with E-state index in [0.29, 0.717) is 24.1 Å². The molecule has 0 atom stereocenters. The molecule has 0 aliphatic carbocycles. The molecule has 0 radical (unpaired) electrons. The van der Waals surface area contributed by atoms with Gasteiger partial charge in [0.2, 0.25) is 10.0 Å². The number of hydrogen-bond acceptors (Lipinski definition) is 4. The van der Waals surface area contributed by atoms with E-state index in [4.69, 9.17) is 5.11 Å². The van der Waals surface area contributed by atoms with Crippen LogP contribution in [0.2, 0.25) is 0 Å². The molecule has 8 heteroatoms. The molecule has 0 aliphatic rings. The van der Waals surface area contributed by atoms with Crippen LogP contribution >= 0.6 is 0 Å².